The van der Waals surface area contributed by atoms with Crippen LogP contribution in [-0.2, 0) is 6.42 Å². The Morgan fingerprint density at radius 3 is 2.42 bits per heavy atom. The molecule has 1 saturated heterocycles. The SMILES string of the molecule is COc1cc(CCC2CCN(C(=O)c3c[nH]c4ccccc4c3=O)CC2)cc(OC)c1. The lowest BCUT2D eigenvalue weighted by Gasteiger charge is -2.32. The molecule has 6 nitrogen and oxygen atoms in total. The molecule has 1 amide bonds. The lowest BCUT2D eigenvalue weighted by molar-refractivity contribution is 0.0685. The number of aromatic amines is 1. The van der Waals surface area contributed by atoms with Gasteiger partial charge in [-0.2, -0.15) is 0 Å². The molecule has 4 rings (SSSR count). The molecule has 31 heavy (non-hydrogen) atoms. The summed E-state index contributed by atoms with van der Waals surface area (Å²) in [6, 6.07) is 13.3. The first-order valence-corrected chi connectivity index (χ1v) is 10.7. The van der Waals surface area contributed by atoms with Crippen LogP contribution in [0.2, 0.25) is 0 Å². The first-order valence-electron chi connectivity index (χ1n) is 10.7. The van der Waals surface area contributed by atoms with E-state index in [1.807, 2.05) is 41.3 Å². The quantitative estimate of drug-likeness (QED) is 0.654. The van der Waals surface area contributed by atoms with Gasteiger partial charge in [0.1, 0.15) is 17.1 Å². The van der Waals surface area contributed by atoms with Gasteiger partial charge in [-0.25, -0.2) is 0 Å². The molecule has 0 atom stereocenters. The van der Waals surface area contributed by atoms with Gasteiger partial charge >= 0.3 is 0 Å². The Labute approximate surface area is 181 Å². The molecule has 0 saturated carbocycles. The number of nitrogens with zero attached hydrogens (tertiary/aromatic N) is 1. The third-order valence-corrected chi connectivity index (χ3v) is 6.17. The highest BCUT2D eigenvalue weighted by molar-refractivity contribution is 5.97. The summed E-state index contributed by atoms with van der Waals surface area (Å²) < 4.78 is 10.7. The Hall–Kier alpha value is -3.28. The number of rotatable bonds is 6. The van der Waals surface area contributed by atoms with Gasteiger partial charge in [-0.1, -0.05) is 12.1 Å². The van der Waals surface area contributed by atoms with Gasteiger partial charge in [0.15, 0.2) is 0 Å². The van der Waals surface area contributed by atoms with E-state index >= 15 is 0 Å². The van der Waals surface area contributed by atoms with Crippen molar-refractivity contribution in [3.05, 3.63) is 70.0 Å². The average Bonchev–Trinajstić information content (AvgIpc) is 2.82. The maximum absolute atomic E-state index is 13.0. The second-order valence-electron chi connectivity index (χ2n) is 8.07. The van der Waals surface area contributed by atoms with Crippen molar-refractivity contribution in [3.63, 3.8) is 0 Å². The number of H-pyrrole nitrogens is 1. The number of para-hydroxylation sites is 1. The van der Waals surface area contributed by atoms with E-state index in [4.69, 9.17) is 9.47 Å². The predicted octanol–water partition coefficient (Wildman–Crippen LogP) is 4.03. The van der Waals surface area contributed by atoms with Crippen LogP contribution in [0, 0.1) is 5.92 Å². The summed E-state index contributed by atoms with van der Waals surface area (Å²) >= 11 is 0. The first kappa shape index (κ1) is 21.0. The Morgan fingerprint density at radius 1 is 1.06 bits per heavy atom. The van der Waals surface area contributed by atoms with Crippen molar-refractivity contribution in [2.45, 2.75) is 25.7 Å². The third kappa shape index (κ3) is 4.58. The highest BCUT2D eigenvalue weighted by Gasteiger charge is 2.25. The number of aryl methyl sites for hydroxylation is 1. The largest absolute Gasteiger partial charge is 0.497 e. The number of ether oxygens (including phenoxy) is 2. The molecular weight excluding hydrogens is 392 g/mol. The fraction of sp³-hybridized carbons (Fsp3) is 0.360. The van der Waals surface area contributed by atoms with E-state index < -0.39 is 0 Å². The van der Waals surface area contributed by atoms with Gasteiger partial charge in [-0.05, 0) is 61.4 Å². The van der Waals surface area contributed by atoms with Crippen molar-refractivity contribution >= 4 is 16.8 Å². The lowest BCUT2D eigenvalue weighted by atomic mass is 9.90. The summed E-state index contributed by atoms with van der Waals surface area (Å²) in [5.74, 6) is 1.98. The number of amides is 1. The molecule has 2 aromatic carbocycles. The number of piperidine rings is 1. The average molecular weight is 421 g/mol. The summed E-state index contributed by atoms with van der Waals surface area (Å²) in [7, 11) is 3.32. The van der Waals surface area contributed by atoms with E-state index in [-0.39, 0.29) is 16.9 Å². The number of nitrogens with one attached hydrogen (secondary N) is 1. The van der Waals surface area contributed by atoms with Crippen molar-refractivity contribution in [1.82, 2.24) is 9.88 Å². The number of likely N-dealkylation sites (tertiary alicyclic amines) is 1. The third-order valence-electron chi connectivity index (χ3n) is 6.17. The van der Waals surface area contributed by atoms with Crippen LogP contribution in [0.5, 0.6) is 11.5 Å². The van der Waals surface area contributed by atoms with Crippen molar-refractivity contribution < 1.29 is 14.3 Å². The van der Waals surface area contributed by atoms with Crippen LogP contribution in [0.4, 0.5) is 0 Å². The van der Waals surface area contributed by atoms with E-state index in [0.717, 1.165) is 42.7 Å². The normalized spacial score (nSPS) is 14.6. The number of methoxy groups -OCH3 is 2. The van der Waals surface area contributed by atoms with Gasteiger partial charge < -0.3 is 19.4 Å². The van der Waals surface area contributed by atoms with E-state index in [1.54, 1.807) is 26.5 Å². The molecule has 1 fully saturated rings. The van der Waals surface area contributed by atoms with Gasteiger partial charge in [0.25, 0.3) is 5.91 Å². The number of hydrogen-bond donors (Lipinski definition) is 1. The Morgan fingerprint density at radius 2 is 1.74 bits per heavy atom. The topological polar surface area (TPSA) is 71.6 Å². The van der Waals surface area contributed by atoms with Crippen LogP contribution in [0.1, 0.15) is 35.2 Å². The first-order chi connectivity index (χ1) is 15.1. The van der Waals surface area contributed by atoms with E-state index in [1.165, 1.54) is 5.56 Å². The molecule has 1 aliphatic rings. The number of hydrogen-bond acceptors (Lipinski definition) is 4. The Bertz CT molecular complexity index is 1110. The Kier molecular flexibility index (Phi) is 6.26. The van der Waals surface area contributed by atoms with Crippen LogP contribution in [0.25, 0.3) is 10.9 Å². The minimum Gasteiger partial charge on any atom is -0.497 e. The van der Waals surface area contributed by atoms with Crippen LogP contribution in [0.15, 0.2) is 53.5 Å². The predicted molar refractivity (Wildman–Crippen MR) is 121 cm³/mol. The molecule has 1 aliphatic heterocycles. The molecule has 1 aromatic heterocycles. The van der Waals surface area contributed by atoms with Crippen LogP contribution in [0.3, 0.4) is 0 Å². The molecule has 162 valence electrons. The smallest absolute Gasteiger partial charge is 0.259 e. The number of aromatic nitrogens is 1. The van der Waals surface area contributed by atoms with Gasteiger partial charge in [-0.15, -0.1) is 0 Å². The van der Waals surface area contributed by atoms with E-state index in [2.05, 4.69) is 4.98 Å². The molecule has 1 N–H and O–H groups in total. The van der Waals surface area contributed by atoms with Crippen molar-refractivity contribution in [3.8, 4) is 11.5 Å². The number of pyridine rings is 1. The monoisotopic (exact) mass is 420 g/mol. The summed E-state index contributed by atoms with van der Waals surface area (Å²) in [4.78, 5) is 30.6. The number of carbonyl (C=O) groups is 1. The Balaban J connectivity index is 1.36. The zero-order valence-electron chi connectivity index (χ0n) is 18.0. The number of fused-ring (bicyclic) bond motifs is 1. The molecule has 0 radical (unpaired) electrons. The second-order valence-corrected chi connectivity index (χ2v) is 8.07. The highest BCUT2D eigenvalue weighted by Crippen LogP contribution is 2.27. The summed E-state index contributed by atoms with van der Waals surface area (Å²) in [6.07, 6.45) is 5.43. The van der Waals surface area contributed by atoms with Gasteiger partial charge in [0.05, 0.1) is 14.2 Å². The molecule has 0 aliphatic carbocycles. The molecule has 2 heterocycles. The highest BCUT2D eigenvalue weighted by atomic mass is 16.5. The molecule has 3 aromatic rings. The van der Waals surface area contributed by atoms with E-state index in [9.17, 15) is 9.59 Å². The minimum atomic E-state index is -0.201. The zero-order chi connectivity index (χ0) is 21.8. The fourth-order valence-corrected chi connectivity index (χ4v) is 4.30. The van der Waals surface area contributed by atoms with Crippen LogP contribution < -0.4 is 14.9 Å². The molecule has 0 unspecified atom stereocenters. The molecule has 0 spiro atoms. The van der Waals surface area contributed by atoms with Crippen molar-refractivity contribution in [2.75, 3.05) is 27.3 Å². The van der Waals surface area contributed by atoms with Crippen molar-refractivity contribution in [1.29, 1.82) is 0 Å². The van der Waals surface area contributed by atoms with Crippen LogP contribution in [-0.4, -0.2) is 43.1 Å². The van der Waals surface area contributed by atoms with Gasteiger partial charge in [-0.3, -0.25) is 9.59 Å². The van der Waals surface area contributed by atoms with Crippen molar-refractivity contribution in [2.24, 2.45) is 5.92 Å². The van der Waals surface area contributed by atoms with Gasteiger partial charge in [0.2, 0.25) is 5.43 Å². The molecule has 0 bridgehead atoms. The lowest BCUT2D eigenvalue weighted by Crippen LogP contribution is -2.40. The zero-order valence-corrected chi connectivity index (χ0v) is 18.0. The standard InChI is InChI=1S/C25H28N2O4/c1-30-19-13-18(14-20(15-19)31-2)8-7-17-9-11-27(12-10-17)25(29)22-16-26-23-6-4-3-5-21(23)24(22)28/h3-6,13-17H,7-12H2,1-2H3,(H,26,28). The summed E-state index contributed by atoms with van der Waals surface area (Å²) in [6.45, 7) is 1.36. The summed E-state index contributed by atoms with van der Waals surface area (Å²) in [5.41, 5.74) is 1.96. The molecular formula is C25H28N2O4. The minimum absolute atomic E-state index is 0.178. The number of carbonyl (C=O) groups excluding carboxylic acids is 1. The molecule has 6 heteroatoms. The maximum atomic E-state index is 13.0. The fourth-order valence-electron chi connectivity index (χ4n) is 4.30. The van der Waals surface area contributed by atoms with Gasteiger partial charge in [0, 0.05) is 36.3 Å². The summed E-state index contributed by atoms with van der Waals surface area (Å²) in [5, 5.41) is 0.553. The van der Waals surface area contributed by atoms with E-state index in [0.29, 0.717) is 24.4 Å². The maximum Gasteiger partial charge on any atom is 0.259 e. The number of benzene rings is 2. The van der Waals surface area contributed by atoms with Crippen LogP contribution >= 0.6 is 0 Å². The second kappa shape index (κ2) is 9.25.